The number of hydrogen-bond acceptors (Lipinski definition) is 3. The van der Waals surface area contributed by atoms with Crippen LogP contribution in [0.15, 0.2) is 17.3 Å². The maximum atomic E-state index is 13.5. The highest BCUT2D eigenvalue weighted by molar-refractivity contribution is 5.95. The fraction of sp³-hybridized carbons (Fsp3) is 0.333. The van der Waals surface area contributed by atoms with Crippen LogP contribution in [-0.4, -0.2) is 23.0 Å². The second-order valence-electron chi connectivity index (χ2n) is 4.25. The highest BCUT2D eigenvalue weighted by Gasteiger charge is 2.17. The zero-order chi connectivity index (χ0) is 14.6. The number of rotatable bonds is 4. The van der Waals surface area contributed by atoms with Crippen LogP contribution in [0.1, 0.15) is 29.3 Å². The number of amidine groups is 1. The molecule has 0 radical (unpaired) electrons. The first-order chi connectivity index (χ1) is 8.85. The van der Waals surface area contributed by atoms with Crippen molar-refractivity contribution in [3.05, 3.63) is 34.9 Å². The van der Waals surface area contributed by atoms with E-state index in [2.05, 4.69) is 10.5 Å². The summed E-state index contributed by atoms with van der Waals surface area (Å²) in [6.07, 6.45) is 0.115. The molecule has 0 aromatic heterocycles. The average molecular weight is 271 g/mol. The van der Waals surface area contributed by atoms with Gasteiger partial charge in [0.25, 0.3) is 5.91 Å². The summed E-state index contributed by atoms with van der Waals surface area (Å²) < 4.78 is 26.5. The van der Waals surface area contributed by atoms with Gasteiger partial charge < -0.3 is 16.3 Å². The van der Waals surface area contributed by atoms with E-state index < -0.39 is 23.6 Å². The second kappa shape index (κ2) is 6.12. The first-order valence-electron chi connectivity index (χ1n) is 5.58. The summed E-state index contributed by atoms with van der Waals surface area (Å²) in [7, 11) is 0. The number of carbonyl (C=O) groups excluding carboxylic acids is 1. The van der Waals surface area contributed by atoms with Crippen LogP contribution in [0.4, 0.5) is 8.78 Å². The molecular formula is C12H15F2N3O2. The molecule has 0 saturated carbocycles. The number of carbonyl (C=O) groups is 1. The Morgan fingerprint density at radius 3 is 2.68 bits per heavy atom. The molecule has 0 spiro atoms. The second-order valence-corrected chi connectivity index (χ2v) is 4.25. The van der Waals surface area contributed by atoms with Gasteiger partial charge in [0, 0.05) is 18.5 Å². The van der Waals surface area contributed by atoms with Crippen LogP contribution >= 0.6 is 0 Å². The van der Waals surface area contributed by atoms with E-state index in [4.69, 9.17) is 10.9 Å². The van der Waals surface area contributed by atoms with Crippen LogP contribution in [-0.2, 0) is 0 Å². The van der Waals surface area contributed by atoms with E-state index in [1.165, 1.54) is 6.92 Å². The number of oxime groups is 1. The number of aryl methyl sites for hydroxylation is 1. The van der Waals surface area contributed by atoms with Crippen molar-refractivity contribution in [2.75, 3.05) is 0 Å². The monoisotopic (exact) mass is 271 g/mol. The largest absolute Gasteiger partial charge is 0.409 e. The van der Waals surface area contributed by atoms with Gasteiger partial charge in [0.2, 0.25) is 0 Å². The van der Waals surface area contributed by atoms with Gasteiger partial charge in [0.15, 0.2) is 0 Å². The summed E-state index contributed by atoms with van der Waals surface area (Å²) in [5.41, 5.74) is 5.22. The Bertz CT molecular complexity index is 518. The molecule has 0 aliphatic carbocycles. The Kier molecular flexibility index (Phi) is 4.80. The van der Waals surface area contributed by atoms with Crippen LogP contribution < -0.4 is 11.1 Å². The number of hydrogen-bond donors (Lipinski definition) is 3. The van der Waals surface area contributed by atoms with E-state index in [0.29, 0.717) is 6.07 Å². The molecule has 1 amide bonds. The predicted molar refractivity (Wildman–Crippen MR) is 66.0 cm³/mol. The SMILES string of the molecule is Cc1cc(C(=O)NC(C)C/C(N)=N/O)c(F)cc1F. The van der Waals surface area contributed by atoms with Gasteiger partial charge in [-0.15, -0.1) is 0 Å². The van der Waals surface area contributed by atoms with E-state index in [1.807, 2.05) is 0 Å². The molecule has 1 unspecified atom stereocenters. The van der Waals surface area contributed by atoms with Gasteiger partial charge in [0.1, 0.15) is 17.5 Å². The lowest BCUT2D eigenvalue weighted by atomic mass is 10.1. The summed E-state index contributed by atoms with van der Waals surface area (Å²) in [5, 5.41) is 13.6. The molecule has 7 heteroatoms. The minimum atomic E-state index is -0.934. The fourth-order valence-electron chi connectivity index (χ4n) is 1.54. The third-order valence-electron chi connectivity index (χ3n) is 2.51. The molecule has 0 fully saturated rings. The number of nitrogens with zero attached hydrogens (tertiary/aromatic N) is 1. The van der Waals surface area contributed by atoms with Gasteiger partial charge >= 0.3 is 0 Å². The zero-order valence-corrected chi connectivity index (χ0v) is 10.6. The quantitative estimate of drug-likeness (QED) is 0.336. The van der Waals surface area contributed by atoms with Crippen molar-refractivity contribution in [2.45, 2.75) is 26.3 Å². The van der Waals surface area contributed by atoms with Crippen LogP contribution in [0.3, 0.4) is 0 Å². The average Bonchev–Trinajstić information content (AvgIpc) is 2.33. The molecule has 0 saturated heterocycles. The molecule has 0 aliphatic heterocycles. The van der Waals surface area contributed by atoms with Gasteiger partial charge in [-0.1, -0.05) is 5.16 Å². The van der Waals surface area contributed by atoms with Gasteiger partial charge in [-0.05, 0) is 25.5 Å². The third kappa shape index (κ3) is 3.90. The molecule has 19 heavy (non-hydrogen) atoms. The standard InChI is InChI=1S/C12H15F2N3O2/c1-6-3-8(10(14)5-9(6)13)12(18)16-7(2)4-11(15)17-19/h3,5,7,19H,4H2,1-2H3,(H2,15,17)(H,16,18). The van der Waals surface area contributed by atoms with E-state index in [9.17, 15) is 13.6 Å². The van der Waals surface area contributed by atoms with Gasteiger partial charge in [-0.3, -0.25) is 4.79 Å². The lowest BCUT2D eigenvalue weighted by Gasteiger charge is -2.13. The Morgan fingerprint density at radius 1 is 1.47 bits per heavy atom. The number of benzene rings is 1. The maximum absolute atomic E-state index is 13.5. The zero-order valence-electron chi connectivity index (χ0n) is 10.6. The Balaban J connectivity index is 2.81. The van der Waals surface area contributed by atoms with Crippen LogP contribution in [0.2, 0.25) is 0 Å². The Labute approximate surface area is 109 Å². The lowest BCUT2D eigenvalue weighted by molar-refractivity contribution is 0.0937. The predicted octanol–water partition coefficient (Wildman–Crippen LogP) is 1.53. The molecule has 1 rings (SSSR count). The topological polar surface area (TPSA) is 87.7 Å². The number of halogens is 2. The van der Waals surface area contributed by atoms with E-state index in [-0.39, 0.29) is 23.4 Å². The molecule has 0 bridgehead atoms. The van der Waals surface area contributed by atoms with Gasteiger partial charge in [-0.25, -0.2) is 8.78 Å². The number of nitrogens with two attached hydrogens (primary N) is 1. The molecular weight excluding hydrogens is 256 g/mol. The molecule has 0 aliphatic rings. The van der Waals surface area contributed by atoms with Crippen molar-refractivity contribution in [3.8, 4) is 0 Å². The van der Waals surface area contributed by atoms with Crippen LogP contribution in [0.5, 0.6) is 0 Å². The van der Waals surface area contributed by atoms with Gasteiger partial charge in [-0.2, -0.15) is 0 Å². The molecule has 0 heterocycles. The highest BCUT2D eigenvalue weighted by atomic mass is 19.1. The molecule has 1 aromatic carbocycles. The molecule has 104 valence electrons. The first-order valence-corrected chi connectivity index (χ1v) is 5.58. The summed E-state index contributed by atoms with van der Waals surface area (Å²) >= 11 is 0. The molecule has 4 N–H and O–H groups in total. The van der Waals surface area contributed by atoms with Crippen molar-refractivity contribution in [3.63, 3.8) is 0 Å². The fourth-order valence-corrected chi connectivity index (χ4v) is 1.54. The Hall–Kier alpha value is -2.18. The normalized spacial score (nSPS) is 13.2. The highest BCUT2D eigenvalue weighted by Crippen LogP contribution is 2.14. The number of nitrogens with one attached hydrogen (secondary N) is 1. The minimum Gasteiger partial charge on any atom is -0.409 e. The van der Waals surface area contributed by atoms with Crippen molar-refractivity contribution in [1.29, 1.82) is 0 Å². The van der Waals surface area contributed by atoms with E-state index >= 15 is 0 Å². The van der Waals surface area contributed by atoms with Crippen molar-refractivity contribution in [2.24, 2.45) is 10.9 Å². The third-order valence-corrected chi connectivity index (χ3v) is 2.51. The summed E-state index contributed by atoms with van der Waals surface area (Å²) in [6.45, 7) is 3.05. The molecule has 5 nitrogen and oxygen atoms in total. The van der Waals surface area contributed by atoms with E-state index in [1.54, 1.807) is 6.92 Å². The summed E-state index contributed by atoms with van der Waals surface area (Å²) in [6, 6.07) is 1.35. The summed E-state index contributed by atoms with van der Waals surface area (Å²) in [4.78, 5) is 11.8. The van der Waals surface area contributed by atoms with Crippen LogP contribution in [0, 0.1) is 18.6 Å². The number of amides is 1. The smallest absolute Gasteiger partial charge is 0.254 e. The molecule has 1 aromatic rings. The first kappa shape index (κ1) is 14.9. The Morgan fingerprint density at radius 2 is 2.11 bits per heavy atom. The van der Waals surface area contributed by atoms with E-state index in [0.717, 1.165) is 6.07 Å². The van der Waals surface area contributed by atoms with Crippen LogP contribution in [0.25, 0.3) is 0 Å². The molecule has 1 atom stereocenters. The van der Waals surface area contributed by atoms with Gasteiger partial charge in [0.05, 0.1) is 5.56 Å². The minimum absolute atomic E-state index is 0.0523. The lowest BCUT2D eigenvalue weighted by Crippen LogP contribution is -2.36. The summed E-state index contributed by atoms with van der Waals surface area (Å²) in [5.74, 6) is -2.38. The maximum Gasteiger partial charge on any atom is 0.254 e. The van der Waals surface area contributed by atoms with Crippen molar-refractivity contribution >= 4 is 11.7 Å². The van der Waals surface area contributed by atoms with Crippen molar-refractivity contribution in [1.82, 2.24) is 5.32 Å². The van der Waals surface area contributed by atoms with Crippen molar-refractivity contribution < 1.29 is 18.8 Å².